The molecule has 6 heteroatoms. The molecule has 2 rings (SSSR count). The van der Waals surface area contributed by atoms with Gasteiger partial charge < -0.3 is 15.0 Å². The van der Waals surface area contributed by atoms with Gasteiger partial charge in [-0.15, -0.1) is 0 Å². The molecule has 0 saturated heterocycles. The van der Waals surface area contributed by atoms with Crippen molar-refractivity contribution in [3.8, 4) is 5.75 Å². The van der Waals surface area contributed by atoms with Gasteiger partial charge in [-0.05, 0) is 43.5 Å². The quantitative estimate of drug-likeness (QED) is 0.622. The Morgan fingerprint density at radius 2 is 1.79 bits per heavy atom. The number of rotatable bonds is 10. The molecule has 0 aliphatic rings. The second-order valence-corrected chi connectivity index (χ2v) is 7.43. The monoisotopic (exact) mass is 416 g/mol. The minimum atomic E-state index is -0.570. The van der Waals surface area contributed by atoms with Crippen LogP contribution in [0.3, 0.4) is 0 Å². The number of carbonyl (C=O) groups is 2. The van der Waals surface area contributed by atoms with Crippen molar-refractivity contribution in [1.82, 2.24) is 10.2 Å². The first-order valence-electron chi connectivity index (χ1n) is 9.96. The molecule has 156 valence electrons. The fourth-order valence-corrected chi connectivity index (χ4v) is 3.11. The molecule has 0 bridgehead atoms. The van der Waals surface area contributed by atoms with Gasteiger partial charge in [0.25, 0.3) is 5.91 Å². The van der Waals surface area contributed by atoms with Crippen LogP contribution in [0.4, 0.5) is 0 Å². The van der Waals surface area contributed by atoms with Crippen LogP contribution >= 0.6 is 11.6 Å². The zero-order valence-corrected chi connectivity index (χ0v) is 18.0. The molecular weight excluding hydrogens is 388 g/mol. The van der Waals surface area contributed by atoms with Crippen molar-refractivity contribution in [3.63, 3.8) is 0 Å². The second-order valence-electron chi connectivity index (χ2n) is 7.00. The number of hydrogen-bond donors (Lipinski definition) is 1. The highest BCUT2D eigenvalue weighted by atomic mass is 35.5. The highest BCUT2D eigenvalue weighted by molar-refractivity contribution is 6.30. The molecule has 0 unspecified atom stereocenters. The van der Waals surface area contributed by atoms with E-state index in [1.54, 1.807) is 29.2 Å². The van der Waals surface area contributed by atoms with Crippen LogP contribution in [-0.2, 0) is 16.1 Å². The number of amides is 2. The Bertz CT molecular complexity index is 798. The van der Waals surface area contributed by atoms with Gasteiger partial charge in [0.05, 0.1) is 0 Å². The number of benzene rings is 2. The highest BCUT2D eigenvalue weighted by Gasteiger charge is 2.29. The third-order valence-corrected chi connectivity index (χ3v) is 4.98. The lowest BCUT2D eigenvalue weighted by Gasteiger charge is -2.31. The molecule has 0 saturated carbocycles. The fraction of sp³-hybridized carbons (Fsp3) is 0.391. The standard InChI is InChI=1S/C23H29ClN2O3/c1-4-17(3)25-23(28)21(5-2)26(15-18-10-7-6-8-11-18)22(27)16-29-20-13-9-12-19(24)14-20/h6-14,17,21H,4-5,15-16H2,1-3H3,(H,25,28)/t17-,21+/m1/s1. The Balaban J connectivity index is 2.18. The van der Waals surface area contributed by atoms with Gasteiger partial charge in [0.2, 0.25) is 5.91 Å². The van der Waals surface area contributed by atoms with E-state index in [0.29, 0.717) is 23.7 Å². The zero-order chi connectivity index (χ0) is 21.2. The molecule has 1 N–H and O–H groups in total. The van der Waals surface area contributed by atoms with Crippen molar-refractivity contribution in [2.45, 2.75) is 52.2 Å². The summed E-state index contributed by atoms with van der Waals surface area (Å²) < 4.78 is 5.64. The Hall–Kier alpha value is -2.53. The van der Waals surface area contributed by atoms with Crippen molar-refractivity contribution in [2.75, 3.05) is 6.61 Å². The van der Waals surface area contributed by atoms with E-state index in [4.69, 9.17) is 16.3 Å². The van der Waals surface area contributed by atoms with Crippen LogP contribution in [0.15, 0.2) is 54.6 Å². The summed E-state index contributed by atoms with van der Waals surface area (Å²) in [5, 5.41) is 3.53. The Morgan fingerprint density at radius 3 is 2.41 bits per heavy atom. The smallest absolute Gasteiger partial charge is 0.261 e. The molecule has 0 aliphatic carbocycles. The summed E-state index contributed by atoms with van der Waals surface area (Å²) in [6.07, 6.45) is 1.34. The van der Waals surface area contributed by atoms with Crippen LogP contribution in [0.25, 0.3) is 0 Å². The molecule has 2 aromatic carbocycles. The maximum Gasteiger partial charge on any atom is 0.261 e. The van der Waals surface area contributed by atoms with E-state index in [9.17, 15) is 9.59 Å². The van der Waals surface area contributed by atoms with E-state index in [1.807, 2.05) is 51.1 Å². The summed E-state index contributed by atoms with van der Waals surface area (Å²) in [4.78, 5) is 27.5. The molecule has 5 nitrogen and oxygen atoms in total. The fourth-order valence-electron chi connectivity index (χ4n) is 2.93. The molecule has 0 radical (unpaired) electrons. The van der Waals surface area contributed by atoms with Gasteiger partial charge in [-0.2, -0.15) is 0 Å². The van der Waals surface area contributed by atoms with E-state index in [0.717, 1.165) is 12.0 Å². The second kappa shape index (κ2) is 11.5. The molecular formula is C23H29ClN2O3. The van der Waals surface area contributed by atoms with Crippen LogP contribution in [0.2, 0.25) is 5.02 Å². The number of ether oxygens (including phenoxy) is 1. The maximum absolute atomic E-state index is 13.1. The topological polar surface area (TPSA) is 58.6 Å². The van der Waals surface area contributed by atoms with Gasteiger partial charge >= 0.3 is 0 Å². The third-order valence-electron chi connectivity index (χ3n) is 4.74. The van der Waals surface area contributed by atoms with E-state index in [2.05, 4.69) is 5.32 Å². The molecule has 0 fully saturated rings. The van der Waals surface area contributed by atoms with Gasteiger partial charge in [0, 0.05) is 17.6 Å². The average Bonchev–Trinajstić information content (AvgIpc) is 2.72. The van der Waals surface area contributed by atoms with Crippen LogP contribution in [0.5, 0.6) is 5.75 Å². The SMILES string of the molecule is CC[C@@H](C)NC(=O)[C@H](CC)N(Cc1ccccc1)C(=O)COc1cccc(Cl)c1. The number of nitrogens with zero attached hydrogens (tertiary/aromatic N) is 1. The van der Waals surface area contributed by atoms with Crippen LogP contribution in [0.1, 0.15) is 39.2 Å². The molecule has 2 aromatic rings. The first kappa shape index (κ1) is 22.8. The van der Waals surface area contributed by atoms with E-state index in [-0.39, 0.29) is 24.5 Å². The largest absolute Gasteiger partial charge is 0.484 e. The van der Waals surface area contributed by atoms with Crippen molar-refractivity contribution in [1.29, 1.82) is 0 Å². The number of nitrogens with one attached hydrogen (secondary N) is 1. The van der Waals surface area contributed by atoms with Crippen LogP contribution in [-0.4, -0.2) is 35.4 Å². The van der Waals surface area contributed by atoms with Crippen molar-refractivity contribution in [2.24, 2.45) is 0 Å². The minimum Gasteiger partial charge on any atom is -0.484 e. The summed E-state index contributed by atoms with van der Waals surface area (Å²) in [5.74, 6) is 0.122. The van der Waals surface area contributed by atoms with Gasteiger partial charge in [-0.25, -0.2) is 0 Å². The lowest BCUT2D eigenvalue weighted by atomic mass is 10.1. The third kappa shape index (κ3) is 7.09. The maximum atomic E-state index is 13.1. The Morgan fingerprint density at radius 1 is 1.07 bits per heavy atom. The number of hydrogen-bond acceptors (Lipinski definition) is 3. The van der Waals surface area contributed by atoms with E-state index in [1.165, 1.54) is 0 Å². The number of carbonyl (C=O) groups excluding carboxylic acids is 2. The zero-order valence-electron chi connectivity index (χ0n) is 17.2. The lowest BCUT2D eigenvalue weighted by Crippen LogP contribution is -2.51. The predicted molar refractivity (Wildman–Crippen MR) is 116 cm³/mol. The summed E-state index contributed by atoms with van der Waals surface area (Å²) in [7, 11) is 0. The summed E-state index contributed by atoms with van der Waals surface area (Å²) in [5.41, 5.74) is 0.957. The van der Waals surface area contributed by atoms with Crippen molar-refractivity contribution in [3.05, 3.63) is 65.2 Å². The molecule has 0 heterocycles. The molecule has 2 atom stereocenters. The lowest BCUT2D eigenvalue weighted by molar-refractivity contribution is -0.143. The molecule has 0 aromatic heterocycles. The first-order valence-corrected chi connectivity index (χ1v) is 10.3. The van der Waals surface area contributed by atoms with Gasteiger partial charge in [-0.3, -0.25) is 9.59 Å². The minimum absolute atomic E-state index is 0.0490. The molecule has 0 spiro atoms. The predicted octanol–water partition coefficient (Wildman–Crippen LogP) is 4.44. The number of halogens is 1. The summed E-state index contributed by atoms with van der Waals surface area (Å²) >= 11 is 5.98. The van der Waals surface area contributed by atoms with Gasteiger partial charge in [-0.1, -0.05) is 61.8 Å². The highest BCUT2D eigenvalue weighted by Crippen LogP contribution is 2.18. The molecule has 29 heavy (non-hydrogen) atoms. The van der Waals surface area contributed by atoms with Crippen molar-refractivity contribution < 1.29 is 14.3 Å². The van der Waals surface area contributed by atoms with Gasteiger partial charge in [0.1, 0.15) is 11.8 Å². The normalized spacial score (nSPS) is 12.7. The Kier molecular flexibility index (Phi) is 9.00. The Labute approximate surface area is 178 Å². The van der Waals surface area contributed by atoms with E-state index < -0.39 is 6.04 Å². The first-order chi connectivity index (χ1) is 13.9. The average molecular weight is 417 g/mol. The molecule has 0 aliphatic heterocycles. The van der Waals surface area contributed by atoms with Crippen LogP contribution < -0.4 is 10.1 Å². The summed E-state index contributed by atoms with van der Waals surface area (Å²) in [6, 6.07) is 16.0. The summed E-state index contributed by atoms with van der Waals surface area (Å²) in [6.45, 7) is 6.04. The van der Waals surface area contributed by atoms with Gasteiger partial charge in [0.15, 0.2) is 6.61 Å². The molecule has 2 amide bonds. The van der Waals surface area contributed by atoms with Crippen LogP contribution in [0, 0.1) is 0 Å². The van der Waals surface area contributed by atoms with Crippen molar-refractivity contribution >= 4 is 23.4 Å². The van der Waals surface area contributed by atoms with E-state index >= 15 is 0 Å².